The fourth-order valence-electron chi connectivity index (χ4n) is 1.49. The second kappa shape index (κ2) is 4.42. The van der Waals surface area contributed by atoms with Crippen LogP contribution in [0.3, 0.4) is 0 Å². The van der Waals surface area contributed by atoms with Crippen molar-refractivity contribution in [1.29, 1.82) is 0 Å². The lowest BCUT2D eigenvalue weighted by molar-refractivity contribution is -0.142. The number of carbonyl (C=O) groups is 1. The van der Waals surface area contributed by atoms with Gasteiger partial charge in [-0.05, 0) is 18.9 Å². The Kier molecular flexibility index (Phi) is 3.49. The minimum atomic E-state index is -0.155. The Morgan fingerprint density at radius 1 is 1.75 bits per heavy atom. The van der Waals surface area contributed by atoms with Crippen LogP contribution in [0.1, 0.15) is 12.8 Å². The first-order chi connectivity index (χ1) is 5.74. The summed E-state index contributed by atoms with van der Waals surface area (Å²) >= 11 is 0. The Hall–Kier alpha value is -0.610. The molecule has 12 heavy (non-hydrogen) atoms. The maximum absolute atomic E-state index is 10.9. The lowest BCUT2D eigenvalue weighted by Gasteiger charge is -2.28. The highest BCUT2D eigenvalue weighted by molar-refractivity contribution is 5.69. The van der Waals surface area contributed by atoms with Gasteiger partial charge in [0.2, 0.25) is 0 Å². The van der Waals surface area contributed by atoms with Crippen molar-refractivity contribution < 1.29 is 9.53 Å². The van der Waals surface area contributed by atoms with E-state index in [9.17, 15) is 4.79 Å². The maximum atomic E-state index is 10.9. The number of hydrogen-bond donors (Lipinski definition) is 2. The lowest BCUT2D eigenvalue weighted by Crippen LogP contribution is -2.46. The first kappa shape index (κ1) is 9.48. The fraction of sp³-hybridized carbons (Fsp3) is 0.875. The standard InChI is InChI=1S/C8H16N2O2/c1-12-8(11)4-6-2-3-10-5-7(6)9/h6-7,10H,2-5,9H2,1H3/t6-,7-/m1/s1. The summed E-state index contributed by atoms with van der Waals surface area (Å²) in [5.41, 5.74) is 5.81. The molecule has 1 aliphatic heterocycles. The highest BCUT2D eigenvalue weighted by Crippen LogP contribution is 2.15. The van der Waals surface area contributed by atoms with Crippen LogP contribution in [0.25, 0.3) is 0 Å². The minimum Gasteiger partial charge on any atom is -0.469 e. The van der Waals surface area contributed by atoms with E-state index >= 15 is 0 Å². The Labute approximate surface area is 72.5 Å². The number of piperidine rings is 1. The van der Waals surface area contributed by atoms with E-state index in [-0.39, 0.29) is 12.0 Å². The summed E-state index contributed by atoms with van der Waals surface area (Å²) in [6.45, 7) is 1.76. The van der Waals surface area contributed by atoms with E-state index < -0.39 is 0 Å². The number of esters is 1. The van der Waals surface area contributed by atoms with E-state index in [1.807, 2.05) is 0 Å². The van der Waals surface area contributed by atoms with Crippen molar-refractivity contribution in [1.82, 2.24) is 5.32 Å². The topological polar surface area (TPSA) is 64.3 Å². The van der Waals surface area contributed by atoms with E-state index in [4.69, 9.17) is 5.73 Å². The molecule has 0 aromatic heterocycles. The lowest BCUT2D eigenvalue weighted by atomic mass is 9.90. The van der Waals surface area contributed by atoms with Crippen LogP contribution in [0.5, 0.6) is 0 Å². The third-order valence-corrected chi connectivity index (χ3v) is 2.33. The average molecular weight is 172 g/mol. The van der Waals surface area contributed by atoms with Gasteiger partial charge in [0.25, 0.3) is 0 Å². The van der Waals surface area contributed by atoms with Crippen LogP contribution in [0.4, 0.5) is 0 Å². The normalized spacial score (nSPS) is 29.8. The molecule has 0 bridgehead atoms. The van der Waals surface area contributed by atoms with Crippen molar-refractivity contribution in [3.63, 3.8) is 0 Å². The molecule has 0 aromatic carbocycles. The summed E-state index contributed by atoms with van der Waals surface area (Å²) in [4.78, 5) is 10.9. The van der Waals surface area contributed by atoms with E-state index in [0.717, 1.165) is 19.5 Å². The molecule has 0 saturated carbocycles. The molecule has 0 amide bonds. The second-order valence-electron chi connectivity index (χ2n) is 3.20. The van der Waals surface area contributed by atoms with Gasteiger partial charge in [0.1, 0.15) is 0 Å². The molecular formula is C8H16N2O2. The monoisotopic (exact) mass is 172 g/mol. The summed E-state index contributed by atoms with van der Waals surface area (Å²) < 4.78 is 4.59. The Balaban J connectivity index is 2.33. The van der Waals surface area contributed by atoms with Gasteiger partial charge in [0.05, 0.1) is 7.11 Å². The Bertz CT molecular complexity index is 161. The van der Waals surface area contributed by atoms with Gasteiger partial charge in [-0.3, -0.25) is 4.79 Å². The first-order valence-electron chi connectivity index (χ1n) is 4.27. The van der Waals surface area contributed by atoms with Crippen molar-refractivity contribution in [3.05, 3.63) is 0 Å². The van der Waals surface area contributed by atoms with Gasteiger partial charge in [-0.25, -0.2) is 0 Å². The van der Waals surface area contributed by atoms with Gasteiger partial charge in [-0.2, -0.15) is 0 Å². The van der Waals surface area contributed by atoms with E-state index in [1.54, 1.807) is 0 Å². The molecule has 0 unspecified atom stereocenters. The summed E-state index contributed by atoms with van der Waals surface area (Å²) in [6, 6.07) is 0.0952. The summed E-state index contributed by atoms with van der Waals surface area (Å²) in [5, 5.41) is 3.18. The van der Waals surface area contributed by atoms with Crippen LogP contribution < -0.4 is 11.1 Å². The highest BCUT2D eigenvalue weighted by Gasteiger charge is 2.23. The van der Waals surface area contributed by atoms with Gasteiger partial charge in [-0.15, -0.1) is 0 Å². The molecule has 1 heterocycles. The summed E-state index contributed by atoms with van der Waals surface area (Å²) in [6.07, 6.45) is 1.43. The van der Waals surface area contributed by atoms with Crippen LogP contribution in [0.2, 0.25) is 0 Å². The zero-order valence-corrected chi connectivity index (χ0v) is 7.38. The van der Waals surface area contributed by atoms with Crippen LogP contribution >= 0.6 is 0 Å². The van der Waals surface area contributed by atoms with Crippen LogP contribution in [-0.2, 0) is 9.53 Å². The van der Waals surface area contributed by atoms with Crippen LogP contribution in [0, 0.1) is 5.92 Å². The Morgan fingerprint density at radius 2 is 2.50 bits per heavy atom. The van der Waals surface area contributed by atoms with Crippen molar-refractivity contribution in [2.24, 2.45) is 11.7 Å². The third-order valence-electron chi connectivity index (χ3n) is 2.33. The van der Waals surface area contributed by atoms with E-state index in [2.05, 4.69) is 10.1 Å². The van der Waals surface area contributed by atoms with Crippen molar-refractivity contribution in [2.75, 3.05) is 20.2 Å². The molecule has 70 valence electrons. The molecular weight excluding hydrogens is 156 g/mol. The Morgan fingerprint density at radius 3 is 3.08 bits per heavy atom. The van der Waals surface area contributed by atoms with Gasteiger partial charge >= 0.3 is 5.97 Å². The number of carbonyl (C=O) groups excluding carboxylic acids is 1. The van der Waals surface area contributed by atoms with Crippen molar-refractivity contribution >= 4 is 5.97 Å². The largest absolute Gasteiger partial charge is 0.469 e. The summed E-state index contributed by atoms with van der Waals surface area (Å²) in [5.74, 6) is 0.135. The first-order valence-corrected chi connectivity index (χ1v) is 4.27. The minimum absolute atomic E-state index is 0.0952. The fourth-order valence-corrected chi connectivity index (χ4v) is 1.49. The zero-order chi connectivity index (χ0) is 8.97. The molecule has 4 heteroatoms. The molecule has 1 fully saturated rings. The van der Waals surface area contributed by atoms with Gasteiger partial charge in [0.15, 0.2) is 0 Å². The SMILES string of the molecule is COC(=O)C[C@H]1CCNC[C@H]1N. The van der Waals surface area contributed by atoms with Gasteiger partial charge in [0, 0.05) is 19.0 Å². The molecule has 3 N–H and O–H groups in total. The molecule has 0 radical (unpaired) electrons. The maximum Gasteiger partial charge on any atom is 0.305 e. The molecule has 1 rings (SSSR count). The second-order valence-corrected chi connectivity index (χ2v) is 3.20. The number of nitrogens with one attached hydrogen (secondary N) is 1. The number of rotatable bonds is 2. The zero-order valence-electron chi connectivity index (χ0n) is 7.38. The average Bonchev–Trinajstić information content (AvgIpc) is 2.09. The molecule has 1 saturated heterocycles. The molecule has 1 aliphatic rings. The third kappa shape index (κ3) is 2.46. The highest BCUT2D eigenvalue weighted by atomic mass is 16.5. The van der Waals surface area contributed by atoms with E-state index in [1.165, 1.54) is 7.11 Å². The number of nitrogens with two attached hydrogens (primary N) is 1. The predicted octanol–water partition coefficient (Wildman–Crippen LogP) is -0.514. The van der Waals surface area contributed by atoms with Crippen molar-refractivity contribution in [3.8, 4) is 0 Å². The van der Waals surface area contributed by atoms with E-state index in [0.29, 0.717) is 12.3 Å². The molecule has 0 spiro atoms. The molecule has 4 nitrogen and oxygen atoms in total. The van der Waals surface area contributed by atoms with Gasteiger partial charge < -0.3 is 15.8 Å². The number of ether oxygens (including phenoxy) is 1. The quantitative estimate of drug-likeness (QED) is 0.550. The van der Waals surface area contributed by atoms with Crippen molar-refractivity contribution in [2.45, 2.75) is 18.9 Å². The molecule has 0 aromatic rings. The smallest absolute Gasteiger partial charge is 0.305 e. The van der Waals surface area contributed by atoms with Gasteiger partial charge in [-0.1, -0.05) is 0 Å². The predicted molar refractivity (Wildman–Crippen MR) is 45.6 cm³/mol. The molecule has 2 atom stereocenters. The van der Waals surface area contributed by atoms with Crippen LogP contribution in [-0.4, -0.2) is 32.2 Å². The molecule has 0 aliphatic carbocycles. The number of hydrogen-bond acceptors (Lipinski definition) is 4. The number of methoxy groups -OCH3 is 1. The summed E-state index contributed by atoms with van der Waals surface area (Å²) in [7, 11) is 1.41. The van der Waals surface area contributed by atoms with Crippen LogP contribution in [0.15, 0.2) is 0 Å².